The third-order valence-electron chi connectivity index (χ3n) is 2.09. The number of nitrogens with zero attached hydrogens (tertiary/aromatic N) is 2. The van der Waals surface area contributed by atoms with Crippen molar-refractivity contribution in [2.45, 2.75) is 20.3 Å². The van der Waals surface area contributed by atoms with Crippen LogP contribution in [0.25, 0.3) is 5.65 Å². The molecule has 0 saturated heterocycles. The van der Waals surface area contributed by atoms with E-state index in [0.717, 1.165) is 16.9 Å². The first-order valence-electron chi connectivity index (χ1n) is 4.59. The van der Waals surface area contributed by atoms with Crippen LogP contribution in [0.2, 0.25) is 0 Å². The maximum absolute atomic E-state index is 10.9. The minimum atomic E-state index is 0.182. The van der Waals surface area contributed by atoms with Crippen molar-refractivity contribution < 1.29 is 4.79 Å². The fraction of sp³-hybridized carbons (Fsp3) is 0.273. The molecule has 0 unspecified atom stereocenters. The van der Waals surface area contributed by atoms with Crippen LogP contribution in [0.4, 0.5) is 0 Å². The van der Waals surface area contributed by atoms with Crippen LogP contribution in [-0.4, -0.2) is 15.2 Å². The smallest absolute Gasteiger partial charge is 0.136 e. The van der Waals surface area contributed by atoms with E-state index in [1.807, 2.05) is 35.9 Å². The standard InChI is InChI=1S/C11H12N2O/c1-8-6-13-7-10(5-9(2)14)3-4-11(13)12-8/h3-4,6-7H,5H2,1-2H3. The van der Waals surface area contributed by atoms with Crippen molar-refractivity contribution in [1.82, 2.24) is 9.38 Å². The number of imidazole rings is 1. The molecule has 0 aromatic carbocycles. The first-order valence-corrected chi connectivity index (χ1v) is 4.59. The highest BCUT2D eigenvalue weighted by Crippen LogP contribution is 2.07. The lowest BCUT2D eigenvalue weighted by atomic mass is 10.1. The Labute approximate surface area is 82.4 Å². The number of Topliss-reactive ketones (excluding diaryl/α,β-unsaturated/α-hetero) is 1. The van der Waals surface area contributed by atoms with Gasteiger partial charge in [-0.1, -0.05) is 6.07 Å². The Bertz CT molecular complexity index is 485. The number of pyridine rings is 1. The zero-order chi connectivity index (χ0) is 10.1. The summed E-state index contributed by atoms with van der Waals surface area (Å²) < 4.78 is 1.95. The summed E-state index contributed by atoms with van der Waals surface area (Å²) in [6.45, 7) is 3.56. The third kappa shape index (κ3) is 1.66. The molecular formula is C11H12N2O. The summed E-state index contributed by atoms with van der Waals surface area (Å²) in [5.41, 5.74) is 2.95. The van der Waals surface area contributed by atoms with Gasteiger partial charge in [0, 0.05) is 18.8 Å². The molecule has 0 fully saturated rings. The summed E-state index contributed by atoms with van der Waals surface area (Å²) in [5.74, 6) is 0.182. The lowest BCUT2D eigenvalue weighted by molar-refractivity contribution is -0.116. The van der Waals surface area contributed by atoms with E-state index in [2.05, 4.69) is 4.98 Å². The quantitative estimate of drug-likeness (QED) is 0.719. The fourth-order valence-electron chi connectivity index (χ4n) is 1.56. The molecule has 14 heavy (non-hydrogen) atoms. The van der Waals surface area contributed by atoms with Gasteiger partial charge in [0.25, 0.3) is 0 Å². The third-order valence-corrected chi connectivity index (χ3v) is 2.09. The Morgan fingerprint density at radius 2 is 2.21 bits per heavy atom. The first kappa shape index (κ1) is 8.94. The van der Waals surface area contributed by atoms with E-state index in [0.29, 0.717) is 6.42 Å². The van der Waals surface area contributed by atoms with Gasteiger partial charge in [0.2, 0.25) is 0 Å². The summed E-state index contributed by atoms with van der Waals surface area (Å²) in [5, 5.41) is 0. The summed E-state index contributed by atoms with van der Waals surface area (Å²) >= 11 is 0. The van der Waals surface area contributed by atoms with Crippen LogP contribution in [0, 0.1) is 6.92 Å². The number of carbonyl (C=O) groups excluding carboxylic acids is 1. The second kappa shape index (κ2) is 3.25. The molecule has 2 aromatic heterocycles. The van der Waals surface area contributed by atoms with E-state index in [-0.39, 0.29) is 5.78 Å². The Morgan fingerprint density at radius 3 is 2.93 bits per heavy atom. The highest BCUT2D eigenvalue weighted by Gasteiger charge is 2.01. The van der Waals surface area contributed by atoms with Gasteiger partial charge in [0.15, 0.2) is 0 Å². The van der Waals surface area contributed by atoms with E-state index in [4.69, 9.17) is 0 Å². The van der Waals surface area contributed by atoms with Gasteiger partial charge in [-0.05, 0) is 25.5 Å². The van der Waals surface area contributed by atoms with E-state index in [9.17, 15) is 4.79 Å². The van der Waals surface area contributed by atoms with E-state index >= 15 is 0 Å². The number of hydrogen-bond acceptors (Lipinski definition) is 2. The van der Waals surface area contributed by atoms with Gasteiger partial charge in [0.1, 0.15) is 11.4 Å². The Balaban J connectivity index is 2.45. The van der Waals surface area contributed by atoms with E-state index in [1.165, 1.54) is 0 Å². The number of aromatic nitrogens is 2. The molecule has 0 bridgehead atoms. The number of aryl methyl sites for hydroxylation is 1. The number of fused-ring (bicyclic) bond motifs is 1. The minimum Gasteiger partial charge on any atom is -0.307 e. The molecule has 0 aliphatic heterocycles. The number of ketones is 1. The topological polar surface area (TPSA) is 34.4 Å². The van der Waals surface area contributed by atoms with Crippen LogP contribution < -0.4 is 0 Å². The van der Waals surface area contributed by atoms with Crippen LogP contribution in [-0.2, 0) is 11.2 Å². The fourth-order valence-corrected chi connectivity index (χ4v) is 1.56. The molecule has 0 N–H and O–H groups in total. The van der Waals surface area contributed by atoms with Crippen molar-refractivity contribution in [3.8, 4) is 0 Å². The number of hydrogen-bond donors (Lipinski definition) is 0. The molecule has 3 heteroatoms. The molecule has 0 saturated carbocycles. The normalized spacial score (nSPS) is 10.7. The predicted octanol–water partition coefficient (Wildman–Crippen LogP) is 1.77. The Morgan fingerprint density at radius 1 is 1.43 bits per heavy atom. The molecule has 3 nitrogen and oxygen atoms in total. The zero-order valence-corrected chi connectivity index (χ0v) is 8.32. The van der Waals surface area contributed by atoms with Crippen LogP contribution in [0.3, 0.4) is 0 Å². The highest BCUT2D eigenvalue weighted by atomic mass is 16.1. The predicted molar refractivity (Wildman–Crippen MR) is 54.3 cm³/mol. The molecule has 0 amide bonds. The molecule has 0 atom stereocenters. The minimum absolute atomic E-state index is 0.182. The van der Waals surface area contributed by atoms with E-state index in [1.54, 1.807) is 6.92 Å². The monoisotopic (exact) mass is 188 g/mol. The van der Waals surface area contributed by atoms with Crippen LogP contribution in [0.1, 0.15) is 18.2 Å². The summed E-state index contributed by atoms with van der Waals surface area (Å²) in [4.78, 5) is 15.2. The molecule has 0 spiro atoms. The average Bonchev–Trinajstić information content (AvgIpc) is 2.42. The molecule has 0 radical (unpaired) electrons. The molecule has 0 aliphatic carbocycles. The Kier molecular flexibility index (Phi) is 2.08. The molecule has 2 heterocycles. The summed E-state index contributed by atoms with van der Waals surface area (Å²) in [7, 11) is 0. The largest absolute Gasteiger partial charge is 0.307 e. The van der Waals surface area contributed by atoms with Crippen molar-refractivity contribution in [3.05, 3.63) is 35.8 Å². The van der Waals surface area contributed by atoms with Gasteiger partial charge in [0.05, 0.1) is 5.69 Å². The SMILES string of the molecule is CC(=O)Cc1ccc2nc(C)cn2c1. The number of rotatable bonds is 2. The zero-order valence-electron chi connectivity index (χ0n) is 8.32. The average molecular weight is 188 g/mol. The van der Waals surface area contributed by atoms with Gasteiger partial charge in [-0.25, -0.2) is 4.98 Å². The second-order valence-corrected chi connectivity index (χ2v) is 3.56. The number of carbonyl (C=O) groups is 1. The molecular weight excluding hydrogens is 176 g/mol. The van der Waals surface area contributed by atoms with E-state index < -0.39 is 0 Å². The molecule has 2 aromatic rings. The van der Waals surface area contributed by atoms with Crippen LogP contribution >= 0.6 is 0 Å². The van der Waals surface area contributed by atoms with Crippen molar-refractivity contribution >= 4 is 11.4 Å². The van der Waals surface area contributed by atoms with Crippen molar-refractivity contribution in [2.75, 3.05) is 0 Å². The molecule has 0 aliphatic rings. The van der Waals surface area contributed by atoms with Crippen LogP contribution in [0.15, 0.2) is 24.5 Å². The van der Waals surface area contributed by atoms with Gasteiger partial charge in [-0.3, -0.25) is 4.79 Å². The molecule has 2 rings (SSSR count). The Hall–Kier alpha value is -1.64. The summed E-state index contributed by atoms with van der Waals surface area (Å²) in [6.07, 6.45) is 4.41. The van der Waals surface area contributed by atoms with Gasteiger partial charge >= 0.3 is 0 Å². The van der Waals surface area contributed by atoms with Crippen molar-refractivity contribution in [1.29, 1.82) is 0 Å². The first-order chi connectivity index (χ1) is 6.65. The lowest BCUT2D eigenvalue weighted by Crippen LogP contribution is -1.97. The second-order valence-electron chi connectivity index (χ2n) is 3.56. The molecule has 72 valence electrons. The summed E-state index contributed by atoms with van der Waals surface area (Å²) in [6, 6.07) is 3.88. The lowest BCUT2D eigenvalue weighted by Gasteiger charge is -1.98. The highest BCUT2D eigenvalue weighted by molar-refractivity contribution is 5.78. The van der Waals surface area contributed by atoms with Gasteiger partial charge in [-0.15, -0.1) is 0 Å². The van der Waals surface area contributed by atoms with Crippen molar-refractivity contribution in [3.63, 3.8) is 0 Å². The maximum atomic E-state index is 10.9. The van der Waals surface area contributed by atoms with Gasteiger partial charge < -0.3 is 4.40 Å². The van der Waals surface area contributed by atoms with Crippen molar-refractivity contribution in [2.24, 2.45) is 0 Å². The van der Waals surface area contributed by atoms with Crippen LogP contribution in [0.5, 0.6) is 0 Å². The van der Waals surface area contributed by atoms with Gasteiger partial charge in [-0.2, -0.15) is 0 Å². The maximum Gasteiger partial charge on any atom is 0.136 e.